The quantitative estimate of drug-likeness (QED) is 0.506. The molecular formula is C20H25IN2O5. The van der Waals surface area contributed by atoms with E-state index in [0.717, 1.165) is 5.56 Å². The number of rotatable bonds is 3. The van der Waals surface area contributed by atoms with Gasteiger partial charge in [0.05, 0.1) is 12.0 Å². The van der Waals surface area contributed by atoms with Gasteiger partial charge >= 0.3 is 12.2 Å². The van der Waals surface area contributed by atoms with Crippen LogP contribution in [0.15, 0.2) is 30.3 Å². The molecule has 28 heavy (non-hydrogen) atoms. The highest BCUT2D eigenvalue weighted by molar-refractivity contribution is 14.1. The van der Waals surface area contributed by atoms with E-state index in [4.69, 9.17) is 9.47 Å². The van der Waals surface area contributed by atoms with Crippen molar-refractivity contribution in [2.75, 3.05) is 0 Å². The van der Waals surface area contributed by atoms with E-state index in [1.165, 1.54) is 4.90 Å². The molecule has 1 saturated carbocycles. The smallest absolute Gasteiger partial charge is 0.417 e. The molecule has 1 heterocycles. The lowest BCUT2D eigenvalue weighted by atomic mass is 9.85. The molecule has 3 amide bonds. The van der Waals surface area contributed by atoms with Crippen LogP contribution >= 0.6 is 22.6 Å². The van der Waals surface area contributed by atoms with E-state index in [-0.39, 0.29) is 28.5 Å². The Morgan fingerprint density at radius 2 is 1.89 bits per heavy atom. The van der Waals surface area contributed by atoms with Crippen LogP contribution < -0.4 is 5.32 Å². The number of benzene rings is 1. The third kappa shape index (κ3) is 4.76. The average Bonchev–Trinajstić information content (AvgIpc) is 2.92. The molecule has 0 aromatic heterocycles. The summed E-state index contributed by atoms with van der Waals surface area (Å²) in [5, 5.41) is 2.82. The zero-order valence-corrected chi connectivity index (χ0v) is 18.3. The number of ether oxygens (including phenoxy) is 2. The maximum Gasteiger partial charge on any atom is 0.417 e. The summed E-state index contributed by atoms with van der Waals surface area (Å²) in [6.45, 7) is 5.48. The summed E-state index contributed by atoms with van der Waals surface area (Å²) in [4.78, 5) is 38.8. The van der Waals surface area contributed by atoms with Crippen molar-refractivity contribution in [3.8, 4) is 0 Å². The SMILES string of the molecule is CC(C)(C)OC(=O)N1C(=O)[C@@H]2C[C@H]1[C@@H](I)C[C@H]2NC(=O)OCc1ccccc1. The van der Waals surface area contributed by atoms with Crippen molar-refractivity contribution in [1.29, 1.82) is 0 Å². The van der Waals surface area contributed by atoms with Crippen LogP contribution in [0.4, 0.5) is 9.59 Å². The van der Waals surface area contributed by atoms with Crippen LogP contribution in [0.2, 0.25) is 0 Å². The average molecular weight is 500 g/mol. The number of alkyl halides is 1. The first kappa shape index (κ1) is 20.9. The van der Waals surface area contributed by atoms with E-state index >= 15 is 0 Å². The van der Waals surface area contributed by atoms with Gasteiger partial charge in [0, 0.05) is 9.97 Å². The third-order valence-electron chi connectivity index (χ3n) is 4.87. The lowest BCUT2D eigenvalue weighted by molar-refractivity contribution is -0.131. The Morgan fingerprint density at radius 3 is 2.54 bits per heavy atom. The molecule has 0 radical (unpaired) electrons. The molecule has 1 aromatic rings. The zero-order chi connectivity index (χ0) is 20.5. The van der Waals surface area contributed by atoms with E-state index < -0.39 is 23.7 Å². The minimum atomic E-state index is -0.673. The monoisotopic (exact) mass is 500 g/mol. The van der Waals surface area contributed by atoms with E-state index in [1.807, 2.05) is 30.3 Å². The summed E-state index contributed by atoms with van der Waals surface area (Å²) in [6.07, 6.45) is -0.0464. The van der Waals surface area contributed by atoms with Crippen LogP contribution in [0.1, 0.15) is 39.2 Å². The van der Waals surface area contributed by atoms with Gasteiger partial charge in [0.2, 0.25) is 5.91 Å². The molecule has 3 rings (SSSR count). The Morgan fingerprint density at radius 1 is 1.21 bits per heavy atom. The molecular weight excluding hydrogens is 475 g/mol. The highest BCUT2D eigenvalue weighted by atomic mass is 127. The lowest BCUT2D eigenvalue weighted by Crippen LogP contribution is -2.47. The topological polar surface area (TPSA) is 84.9 Å². The van der Waals surface area contributed by atoms with Crippen LogP contribution in [0.3, 0.4) is 0 Å². The normalized spacial score (nSPS) is 26.7. The molecule has 1 saturated heterocycles. The van der Waals surface area contributed by atoms with Crippen molar-refractivity contribution < 1.29 is 23.9 Å². The van der Waals surface area contributed by atoms with E-state index in [2.05, 4.69) is 27.9 Å². The minimum absolute atomic E-state index is 0.0345. The van der Waals surface area contributed by atoms with E-state index in [0.29, 0.717) is 12.8 Å². The Kier molecular flexibility index (Phi) is 6.16. The second-order valence-electron chi connectivity index (χ2n) is 8.16. The van der Waals surface area contributed by atoms with Gasteiger partial charge in [-0.05, 0) is 39.2 Å². The number of nitrogens with one attached hydrogen (secondary N) is 1. The number of amides is 3. The Hall–Kier alpha value is -1.84. The fourth-order valence-corrected chi connectivity index (χ4v) is 4.79. The number of imide groups is 1. The molecule has 0 spiro atoms. The summed E-state index contributed by atoms with van der Waals surface area (Å²) >= 11 is 2.24. The van der Waals surface area contributed by atoms with Crippen molar-refractivity contribution in [2.45, 2.75) is 61.8 Å². The van der Waals surface area contributed by atoms with Crippen LogP contribution in [-0.2, 0) is 20.9 Å². The fourth-order valence-electron chi connectivity index (χ4n) is 3.63. The third-order valence-corrected chi connectivity index (χ3v) is 6.21. The maximum atomic E-state index is 12.9. The highest BCUT2D eigenvalue weighted by Crippen LogP contribution is 2.41. The number of alkyl carbamates (subject to hydrolysis) is 1. The number of likely N-dealkylation sites (tertiary alicyclic amines) is 1. The van der Waals surface area contributed by atoms with Gasteiger partial charge in [-0.2, -0.15) is 0 Å². The molecule has 1 N–H and O–H groups in total. The molecule has 1 aliphatic carbocycles. The molecule has 8 heteroatoms. The summed E-state index contributed by atoms with van der Waals surface area (Å²) in [7, 11) is 0. The van der Waals surface area contributed by atoms with Crippen LogP contribution in [0.5, 0.6) is 0 Å². The van der Waals surface area contributed by atoms with Gasteiger partial charge in [-0.15, -0.1) is 0 Å². The number of fused-ring (bicyclic) bond motifs is 2. The van der Waals surface area contributed by atoms with E-state index in [1.54, 1.807) is 20.8 Å². The van der Waals surface area contributed by atoms with Crippen molar-refractivity contribution in [3.63, 3.8) is 0 Å². The summed E-state index contributed by atoms with van der Waals surface area (Å²) < 4.78 is 10.7. The number of nitrogens with zero attached hydrogens (tertiary/aromatic N) is 1. The second-order valence-corrected chi connectivity index (χ2v) is 9.76. The first-order chi connectivity index (χ1) is 13.2. The number of hydrogen-bond donors (Lipinski definition) is 1. The molecule has 2 bridgehead atoms. The minimum Gasteiger partial charge on any atom is -0.445 e. The predicted octanol–water partition coefficient (Wildman–Crippen LogP) is 3.64. The summed E-state index contributed by atoms with van der Waals surface area (Å²) in [5.74, 6) is -0.723. The molecule has 7 nitrogen and oxygen atoms in total. The molecule has 152 valence electrons. The number of hydrogen-bond acceptors (Lipinski definition) is 5. The van der Waals surface area contributed by atoms with Gasteiger partial charge in [-0.1, -0.05) is 52.9 Å². The van der Waals surface area contributed by atoms with Crippen molar-refractivity contribution in [3.05, 3.63) is 35.9 Å². The number of halogens is 1. The Labute approximate surface area is 178 Å². The van der Waals surface area contributed by atoms with Gasteiger partial charge in [0.15, 0.2) is 0 Å². The maximum absolute atomic E-state index is 12.9. The van der Waals surface area contributed by atoms with E-state index in [9.17, 15) is 14.4 Å². The molecule has 1 aromatic carbocycles. The van der Waals surface area contributed by atoms with Gasteiger partial charge in [-0.3, -0.25) is 4.79 Å². The summed E-state index contributed by atoms with van der Waals surface area (Å²) in [5.41, 5.74) is 0.217. The second kappa shape index (κ2) is 8.26. The van der Waals surface area contributed by atoms with Gasteiger partial charge in [0.1, 0.15) is 12.2 Å². The highest BCUT2D eigenvalue weighted by Gasteiger charge is 2.54. The largest absolute Gasteiger partial charge is 0.445 e. The summed E-state index contributed by atoms with van der Waals surface area (Å²) in [6, 6.07) is 8.83. The van der Waals surface area contributed by atoms with Crippen LogP contribution in [0.25, 0.3) is 0 Å². The van der Waals surface area contributed by atoms with Crippen LogP contribution in [0, 0.1) is 5.92 Å². The number of carbonyl (C=O) groups excluding carboxylic acids is 3. The van der Waals surface area contributed by atoms with Crippen molar-refractivity contribution in [1.82, 2.24) is 10.2 Å². The standard InChI is InChI=1S/C20H25IN2O5/c1-20(2,3)28-19(26)23-16-9-13(17(23)24)15(10-14(16)21)22-18(25)27-11-12-7-5-4-6-8-12/h4-8,13-16H,9-11H2,1-3H3,(H,22,25)/t13-,14+,15-,16+/m1/s1. The first-order valence-corrected chi connectivity index (χ1v) is 10.6. The molecule has 4 atom stereocenters. The molecule has 0 unspecified atom stereocenters. The van der Waals surface area contributed by atoms with Gasteiger partial charge in [-0.25, -0.2) is 14.5 Å². The van der Waals surface area contributed by atoms with Gasteiger partial charge in [0.25, 0.3) is 0 Å². The molecule has 1 aliphatic heterocycles. The molecule has 2 aliphatic rings. The Balaban J connectivity index is 1.62. The van der Waals surface area contributed by atoms with Crippen molar-refractivity contribution in [2.24, 2.45) is 5.92 Å². The molecule has 2 fully saturated rings. The van der Waals surface area contributed by atoms with Crippen molar-refractivity contribution >= 4 is 40.7 Å². The zero-order valence-electron chi connectivity index (χ0n) is 16.2. The lowest BCUT2D eigenvalue weighted by Gasteiger charge is -2.32. The Bertz CT molecular complexity index is 749. The first-order valence-electron chi connectivity index (χ1n) is 9.33. The van der Waals surface area contributed by atoms with Crippen LogP contribution in [-0.4, -0.2) is 44.6 Å². The number of carbonyl (C=O) groups is 3. The van der Waals surface area contributed by atoms with Gasteiger partial charge < -0.3 is 14.8 Å². The predicted molar refractivity (Wildman–Crippen MR) is 111 cm³/mol. The fraction of sp³-hybridized carbons (Fsp3) is 0.550.